The number of carbonyl (C=O) groups excluding carboxylic acids is 1. The van der Waals surface area contributed by atoms with E-state index in [4.69, 9.17) is 4.74 Å². The number of amides is 1. The summed E-state index contributed by atoms with van der Waals surface area (Å²) in [5.74, 6) is 0.723. The number of hydrogen-bond acceptors (Lipinski definition) is 4. The quantitative estimate of drug-likeness (QED) is 0.808. The molecule has 1 amide bonds. The Kier molecular flexibility index (Phi) is 4.95. The van der Waals surface area contributed by atoms with Gasteiger partial charge in [0.15, 0.2) is 0 Å². The minimum atomic E-state index is -0.493. The van der Waals surface area contributed by atoms with E-state index < -0.39 is 11.7 Å². The molecular weight excluding hydrogens is 230 g/mol. The predicted octanol–water partition coefficient (Wildman–Crippen LogP) is 2.75. The van der Waals surface area contributed by atoms with Gasteiger partial charge >= 0.3 is 6.09 Å². The molecule has 0 saturated heterocycles. The summed E-state index contributed by atoms with van der Waals surface area (Å²) in [5.41, 5.74) is -0.493. The summed E-state index contributed by atoms with van der Waals surface area (Å²) in [6, 6.07) is 5.57. The van der Waals surface area contributed by atoms with E-state index in [1.54, 1.807) is 6.20 Å². The van der Waals surface area contributed by atoms with Crippen LogP contribution in [0, 0.1) is 0 Å². The van der Waals surface area contributed by atoms with Gasteiger partial charge in [-0.25, -0.2) is 9.78 Å². The van der Waals surface area contributed by atoms with Gasteiger partial charge in [-0.2, -0.15) is 0 Å². The largest absolute Gasteiger partial charge is 0.444 e. The van der Waals surface area contributed by atoms with Crippen LogP contribution in [-0.4, -0.2) is 22.8 Å². The zero-order valence-electron chi connectivity index (χ0n) is 11.4. The number of ether oxygens (including phenoxy) is 1. The van der Waals surface area contributed by atoms with Gasteiger partial charge in [0, 0.05) is 6.20 Å². The Morgan fingerprint density at radius 3 is 2.67 bits per heavy atom. The molecule has 5 nitrogen and oxygen atoms in total. The minimum Gasteiger partial charge on any atom is -0.444 e. The first kappa shape index (κ1) is 14.3. The average molecular weight is 251 g/mol. The van der Waals surface area contributed by atoms with Crippen molar-refractivity contribution in [2.45, 2.75) is 45.9 Å². The molecule has 0 radical (unpaired) electrons. The SMILES string of the molecule is CCC(NC(=O)OC(C)(C)C)Nc1ccccn1. The number of nitrogens with zero attached hydrogens (tertiary/aromatic N) is 1. The lowest BCUT2D eigenvalue weighted by atomic mass is 10.2. The third kappa shape index (κ3) is 5.52. The van der Waals surface area contributed by atoms with Crippen LogP contribution in [0.2, 0.25) is 0 Å². The van der Waals surface area contributed by atoms with Gasteiger partial charge in [-0.3, -0.25) is 0 Å². The van der Waals surface area contributed by atoms with Crippen molar-refractivity contribution in [3.05, 3.63) is 24.4 Å². The summed E-state index contributed by atoms with van der Waals surface area (Å²) in [4.78, 5) is 15.8. The Morgan fingerprint density at radius 1 is 1.44 bits per heavy atom. The molecule has 0 saturated carbocycles. The van der Waals surface area contributed by atoms with Gasteiger partial charge in [0.1, 0.15) is 17.6 Å². The molecule has 1 unspecified atom stereocenters. The number of nitrogens with one attached hydrogen (secondary N) is 2. The average Bonchev–Trinajstić information content (AvgIpc) is 2.27. The van der Waals surface area contributed by atoms with Crippen molar-refractivity contribution in [1.29, 1.82) is 0 Å². The van der Waals surface area contributed by atoms with E-state index in [0.717, 1.165) is 12.2 Å². The first-order valence-corrected chi connectivity index (χ1v) is 6.08. The van der Waals surface area contributed by atoms with Crippen LogP contribution in [0.3, 0.4) is 0 Å². The van der Waals surface area contributed by atoms with E-state index in [1.807, 2.05) is 45.9 Å². The second-order valence-corrected chi connectivity index (χ2v) is 4.97. The molecule has 1 rings (SSSR count). The lowest BCUT2D eigenvalue weighted by molar-refractivity contribution is 0.0509. The molecule has 0 aliphatic heterocycles. The van der Waals surface area contributed by atoms with Gasteiger partial charge in [0.05, 0.1) is 0 Å². The molecule has 18 heavy (non-hydrogen) atoms. The van der Waals surface area contributed by atoms with Crippen molar-refractivity contribution < 1.29 is 9.53 Å². The highest BCUT2D eigenvalue weighted by Gasteiger charge is 2.18. The van der Waals surface area contributed by atoms with Crippen molar-refractivity contribution in [3.63, 3.8) is 0 Å². The summed E-state index contributed by atoms with van der Waals surface area (Å²) in [6.07, 6.45) is 1.80. The van der Waals surface area contributed by atoms with E-state index in [0.29, 0.717) is 0 Å². The fourth-order valence-corrected chi connectivity index (χ4v) is 1.32. The van der Waals surface area contributed by atoms with E-state index in [-0.39, 0.29) is 6.17 Å². The smallest absolute Gasteiger partial charge is 0.409 e. The minimum absolute atomic E-state index is 0.199. The predicted molar refractivity (Wildman–Crippen MR) is 71.3 cm³/mol. The lowest BCUT2D eigenvalue weighted by Gasteiger charge is -2.23. The monoisotopic (exact) mass is 251 g/mol. The highest BCUT2D eigenvalue weighted by Crippen LogP contribution is 2.08. The molecule has 0 aliphatic rings. The van der Waals surface area contributed by atoms with Crippen molar-refractivity contribution in [2.75, 3.05) is 5.32 Å². The summed E-state index contributed by atoms with van der Waals surface area (Å²) < 4.78 is 5.20. The third-order valence-electron chi connectivity index (χ3n) is 2.09. The molecule has 5 heteroatoms. The number of alkyl carbamates (subject to hydrolysis) is 1. The Balaban J connectivity index is 2.50. The molecule has 1 aromatic heterocycles. The summed E-state index contributed by atoms with van der Waals surface area (Å²) in [6.45, 7) is 7.47. The highest BCUT2D eigenvalue weighted by atomic mass is 16.6. The molecule has 1 aromatic rings. The van der Waals surface area contributed by atoms with E-state index in [2.05, 4.69) is 15.6 Å². The molecule has 0 fully saturated rings. The second kappa shape index (κ2) is 6.23. The molecule has 0 spiro atoms. The van der Waals surface area contributed by atoms with Crippen molar-refractivity contribution in [2.24, 2.45) is 0 Å². The van der Waals surface area contributed by atoms with Crippen molar-refractivity contribution in [3.8, 4) is 0 Å². The topological polar surface area (TPSA) is 63.2 Å². The summed E-state index contributed by atoms with van der Waals surface area (Å²) >= 11 is 0. The van der Waals surface area contributed by atoms with Crippen LogP contribution in [-0.2, 0) is 4.74 Å². The molecule has 1 heterocycles. The standard InChI is InChI=1S/C13H21N3O2/c1-5-10(15-11-8-6-7-9-14-11)16-12(17)18-13(2,3)4/h6-10H,5H2,1-4H3,(H,14,15)(H,16,17). The van der Waals surface area contributed by atoms with Gasteiger partial charge < -0.3 is 15.4 Å². The molecule has 100 valence electrons. The number of hydrogen-bond donors (Lipinski definition) is 2. The second-order valence-electron chi connectivity index (χ2n) is 4.97. The van der Waals surface area contributed by atoms with E-state index in [1.165, 1.54) is 0 Å². The van der Waals surface area contributed by atoms with Crippen LogP contribution < -0.4 is 10.6 Å². The summed E-state index contributed by atoms with van der Waals surface area (Å²) in [7, 11) is 0. The Hall–Kier alpha value is -1.78. The van der Waals surface area contributed by atoms with E-state index >= 15 is 0 Å². The fraction of sp³-hybridized carbons (Fsp3) is 0.538. The maximum Gasteiger partial charge on any atom is 0.409 e. The van der Waals surface area contributed by atoms with E-state index in [9.17, 15) is 4.79 Å². The molecule has 2 N–H and O–H groups in total. The number of rotatable bonds is 4. The van der Waals surface area contributed by atoms with Crippen LogP contribution in [0.5, 0.6) is 0 Å². The van der Waals surface area contributed by atoms with Crippen LogP contribution in [0.25, 0.3) is 0 Å². The van der Waals surface area contributed by atoms with Crippen molar-refractivity contribution in [1.82, 2.24) is 10.3 Å². The summed E-state index contributed by atoms with van der Waals surface area (Å²) in [5, 5.41) is 5.88. The maximum atomic E-state index is 11.6. The molecule has 1 atom stereocenters. The number of aromatic nitrogens is 1. The number of pyridine rings is 1. The third-order valence-corrected chi connectivity index (χ3v) is 2.09. The number of anilines is 1. The Labute approximate surface area is 108 Å². The zero-order chi connectivity index (χ0) is 13.6. The lowest BCUT2D eigenvalue weighted by Crippen LogP contribution is -2.43. The highest BCUT2D eigenvalue weighted by molar-refractivity contribution is 5.68. The van der Waals surface area contributed by atoms with Gasteiger partial charge in [-0.15, -0.1) is 0 Å². The van der Waals surface area contributed by atoms with Crippen LogP contribution >= 0.6 is 0 Å². The van der Waals surface area contributed by atoms with Gasteiger partial charge in [-0.05, 0) is 39.3 Å². The van der Waals surface area contributed by atoms with Crippen LogP contribution in [0.15, 0.2) is 24.4 Å². The Bertz CT molecular complexity index is 374. The Morgan fingerprint density at radius 2 is 2.17 bits per heavy atom. The first-order chi connectivity index (χ1) is 8.40. The van der Waals surface area contributed by atoms with Gasteiger partial charge in [-0.1, -0.05) is 13.0 Å². The van der Waals surface area contributed by atoms with Crippen LogP contribution in [0.4, 0.5) is 10.6 Å². The van der Waals surface area contributed by atoms with Crippen LogP contribution in [0.1, 0.15) is 34.1 Å². The van der Waals surface area contributed by atoms with Gasteiger partial charge in [0.2, 0.25) is 0 Å². The number of carbonyl (C=O) groups is 1. The zero-order valence-corrected chi connectivity index (χ0v) is 11.4. The molecule has 0 bridgehead atoms. The normalized spacial score (nSPS) is 12.7. The fourth-order valence-electron chi connectivity index (χ4n) is 1.32. The molecule has 0 aliphatic carbocycles. The van der Waals surface area contributed by atoms with Gasteiger partial charge in [0.25, 0.3) is 0 Å². The van der Waals surface area contributed by atoms with Crippen molar-refractivity contribution >= 4 is 11.9 Å². The maximum absolute atomic E-state index is 11.6. The molecule has 0 aromatic carbocycles. The first-order valence-electron chi connectivity index (χ1n) is 6.08. The molecular formula is C13H21N3O2.